The van der Waals surface area contributed by atoms with Crippen molar-refractivity contribution in [3.8, 4) is 0 Å². The molecular weight excluding hydrogens is 391 g/mol. The predicted octanol–water partition coefficient (Wildman–Crippen LogP) is 3.35. The van der Waals surface area contributed by atoms with Gasteiger partial charge in [-0.15, -0.1) is 11.3 Å². The Bertz CT molecular complexity index is 994. The molecule has 1 amide bonds. The number of carbonyl (C=O) groups excluding carboxylic acids is 1. The fraction of sp³-hybridized carbons (Fsp3) is 0.318. The number of benzene rings is 1. The lowest BCUT2D eigenvalue weighted by atomic mass is 9.94. The molecule has 0 radical (unpaired) electrons. The molecule has 0 aliphatic carbocycles. The molecule has 1 aliphatic rings. The van der Waals surface area contributed by atoms with Crippen LogP contribution in [0, 0.1) is 19.7 Å². The molecule has 2 aromatic heterocycles. The molecule has 3 heterocycles. The van der Waals surface area contributed by atoms with Crippen LogP contribution in [0.3, 0.4) is 0 Å². The number of nitrogens with one attached hydrogen (secondary N) is 2. The minimum atomic E-state index is -0.285. The van der Waals surface area contributed by atoms with Gasteiger partial charge in [0.05, 0.1) is 25.0 Å². The Morgan fingerprint density at radius 1 is 1.21 bits per heavy atom. The van der Waals surface area contributed by atoms with Crippen molar-refractivity contribution < 1.29 is 23.2 Å². The summed E-state index contributed by atoms with van der Waals surface area (Å²) in [6, 6.07) is 9.99. The van der Waals surface area contributed by atoms with Crippen LogP contribution in [0.5, 0.6) is 0 Å². The van der Waals surface area contributed by atoms with Gasteiger partial charge in [0, 0.05) is 10.4 Å². The molecule has 0 unspecified atom stereocenters. The first-order chi connectivity index (χ1) is 14.0. The third-order valence-corrected chi connectivity index (χ3v) is 6.56. The van der Waals surface area contributed by atoms with Gasteiger partial charge in [-0.2, -0.15) is 0 Å². The lowest BCUT2D eigenvalue weighted by Gasteiger charge is -2.32. The molecule has 5 nitrogen and oxygen atoms in total. The van der Waals surface area contributed by atoms with Crippen molar-refractivity contribution in [1.82, 2.24) is 0 Å². The summed E-state index contributed by atoms with van der Waals surface area (Å²) in [7, 11) is 0. The molecule has 0 saturated carbocycles. The second kappa shape index (κ2) is 8.49. The van der Waals surface area contributed by atoms with Crippen LogP contribution < -0.4 is 10.2 Å². The van der Waals surface area contributed by atoms with E-state index in [0.29, 0.717) is 13.2 Å². The smallest absolute Gasteiger partial charge is 0.291 e. The fourth-order valence-corrected chi connectivity index (χ4v) is 4.97. The maximum Gasteiger partial charge on any atom is 0.291 e. The summed E-state index contributed by atoms with van der Waals surface area (Å²) in [5.74, 6) is -0.279. The van der Waals surface area contributed by atoms with Crippen LogP contribution >= 0.6 is 11.3 Å². The Kier molecular flexibility index (Phi) is 5.80. The molecule has 1 aromatic carbocycles. The Hall–Kier alpha value is -2.48. The van der Waals surface area contributed by atoms with Gasteiger partial charge < -0.3 is 19.4 Å². The summed E-state index contributed by atoms with van der Waals surface area (Å²) in [4.78, 5) is 15.1. The first-order valence-electron chi connectivity index (χ1n) is 9.67. The van der Waals surface area contributed by atoms with Crippen LogP contribution in [0.4, 0.5) is 9.39 Å². The number of hydrogen-bond donors (Lipinski definition) is 2. The van der Waals surface area contributed by atoms with Crippen LogP contribution in [0.25, 0.3) is 0 Å². The van der Waals surface area contributed by atoms with E-state index >= 15 is 0 Å². The number of morpholine rings is 1. The highest BCUT2D eigenvalue weighted by atomic mass is 32.1. The van der Waals surface area contributed by atoms with E-state index in [2.05, 4.69) is 12.2 Å². The SMILES string of the molecule is Cc1sc(NC(=O)c2ccco2)c([C@@H](c2cccc(F)c2)[NH+]2CCOCC2)c1C. The molecular formula is C22H24FN2O3S+. The maximum absolute atomic E-state index is 14.1. The summed E-state index contributed by atoms with van der Waals surface area (Å²) in [5, 5.41) is 3.81. The van der Waals surface area contributed by atoms with E-state index in [9.17, 15) is 9.18 Å². The Balaban J connectivity index is 1.78. The summed E-state index contributed by atoms with van der Waals surface area (Å²) in [6.07, 6.45) is 1.48. The normalized spacial score (nSPS) is 16.0. The van der Waals surface area contributed by atoms with E-state index in [1.165, 1.54) is 17.2 Å². The van der Waals surface area contributed by atoms with Crippen molar-refractivity contribution in [3.05, 3.63) is 75.8 Å². The molecule has 29 heavy (non-hydrogen) atoms. The quantitative estimate of drug-likeness (QED) is 0.672. The summed E-state index contributed by atoms with van der Waals surface area (Å²) in [5.41, 5.74) is 3.06. The van der Waals surface area contributed by atoms with Crippen LogP contribution in [0.1, 0.15) is 38.2 Å². The molecule has 1 atom stereocenters. The van der Waals surface area contributed by atoms with Crippen molar-refractivity contribution in [2.24, 2.45) is 0 Å². The number of thiophene rings is 1. The van der Waals surface area contributed by atoms with Gasteiger partial charge in [-0.25, -0.2) is 4.39 Å². The lowest BCUT2D eigenvalue weighted by Crippen LogP contribution is -3.14. The minimum Gasteiger partial charge on any atom is -0.459 e. The van der Waals surface area contributed by atoms with Gasteiger partial charge in [0.25, 0.3) is 5.91 Å². The maximum atomic E-state index is 14.1. The van der Waals surface area contributed by atoms with Gasteiger partial charge in [-0.05, 0) is 43.7 Å². The van der Waals surface area contributed by atoms with E-state index in [1.54, 1.807) is 35.6 Å². The molecule has 1 saturated heterocycles. The summed E-state index contributed by atoms with van der Waals surface area (Å²) < 4.78 is 24.9. The minimum absolute atomic E-state index is 0.0912. The fourth-order valence-electron chi connectivity index (χ4n) is 3.87. The number of amides is 1. The van der Waals surface area contributed by atoms with E-state index in [4.69, 9.17) is 9.15 Å². The Morgan fingerprint density at radius 3 is 2.69 bits per heavy atom. The molecule has 4 rings (SSSR count). The van der Waals surface area contributed by atoms with Gasteiger partial charge in [0.2, 0.25) is 0 Å². The first kappa shape index (κ1) is 19.8. The zero-order valence-corrected chi connectivity index (χ0v) is 17.3. The Labute approximate surface area is 173 Å². The number of ether oxygens (including phenoxy) is 1. The van der Waals surface area contributed by atoms with E-state index < -0.39 is 0 Å². The number of furan rings is 1. The number of rotatable bonds is 5. The molecule has 0 bridgehead atoms. The Morgan fingerprint density at radius 2 is 2.00 bits per heavy atom. The zero-order chi connectivity index (χ0) is 20.4. The summed E-state index contributed by atoms with van der Waals surface area (Å²) in [6.45, 7) is 7.08. The highest BCUT2D eigenvalue weighted by Crippen LogP contribution is 2.38. The number of anilines is 1. The number of quaternary nitrogens is 1. The highest BCUT2D eigenvalue weighted by molar-refractivity contribution is 7.16. The standard InChI is InChI=1S/C22H23FN2O3S/c1-14-15(2)29-22(24-21(26)18-7-4-10-28-18)19(14)20(25-8-11-27-12-9-25)16-5-3-6-17(23)13-16/h3-7,10,13,20H,8-9,11-12H2,1-2H3,(H,24,26)/p+1/t20-/m1/s1. The third-order valence-electron chi connectivity index (χ3n) is 5.42. The molecule has 1 aliphatic heterocycles. The van der Waals surface area contributed by atoms with Gasteiger partial charge in [-0.3, -0.25) is 4.79 Å². The van der Waals surface area contributed by atoms with Crippen LogP contribution in [0.15, 0.2) is 47.1 Å². The van der Waals surface area contributed by atoms with Crippen molar-refractivity contribution in [2.75, 3.05) is 31.6 Å². The summed E-state index contributed by atoms with van der Waals surface area (Å²) >= 11 is 1.55. The number of hydrogen-bond acceptors (Lipinski definition) is 4. The third kappa shape index (κ3) is 4.12. The van der Waals surface area contributed by atoms with Crippen molar-refractivity contribution in [1.29, 1.82) is 0 Å². The highest BCUT2D eigenvalue weighted by Gasteiger charge is 2.34. The lowest BCUT2D eigenvalue weighted by molar-refractivity contribution is -0.933. The topological polar surface area (TPSA) is 55.9 Å². The zero-order valence-electron chi connectivity index (χ0n) is 16.5. The molecule has 0 spiro atoms. The average molecular weight is 416 g/mol. The molecule has 7 heteroatoms. The second-order valence-electron chi connectivity index (χ2n) is 7.22. The number of carbonyl (C=O) groups is 1. The molecule has 1 fully saturated rings. The van der Waals surface area contributed by atoms with Crippen molar-refractivity contribution in [3.63, 3.8) is 0 Å². The van der Waals surface area contributed by atoms with Gasteiger partial charge in [0.15, 0.2) is 5.76 Å². The predicted molar refractivity (Wildman–Crippen MR) is 110 cm³/mol. The van der Waals surface area contributed by atoms with E-state index in [-0.39, 0.29) is 23.5 Å². The average Bonchev–Trinajstić information content (AvgIpc) is 3.34. The monoisotopic (exact) mass is 415 g/mol. The molecule has 2 N–H and O–H groups in total. The van der Waals surface area contributed by atoms with Gasteiger partial charge in [-0.1, -0.05) is 12.1 Å². The second-order valence-corrected chi connectivity index (χ2v) is 8.44. The van der Waals surface area contributed by atoms with Crippen LogP contribution in [-0.2, 0) is 4.74 Å². The van der Waals surface area contributed by atoms with E-state index in [1.807, 2.05) is 13.0 Å². The largest absolute Gasteiger partial charge is 0.459 e. The number of halogens is 1. The first-order valence-corrected chi connectivity index (χ1v) is 10.5. The van der Waals surface area contributed by atoms with Crippen molar-refractivity contribution >= 4 is 22.2 Å². The van der Waals surface area contributed by atoms with Crippen LogP contribution in [0.2, 0.25) is 0 Å². The van der Waals surface area contributed by atoms with Gasteiger partial charge >= 0.3 is 0 Å². The van der Waals surface area contributed by atoms with Crippen LogP contribution in [-0.4, -0.2) is 32.2 Å². The van der Waals surface area contributed by atoms with Crippen molar-refractivity contribution in [2.45, 2.75) is 19.9 Å². The molecule has 152 valence electrons. The number of aryl methyl sites for hydroxylation is 1. The molecule has 3 aromatic rings. The van der Waals surface area contributed by atoms with Gasteiger partial charge in [0.1, 0.15) is 29.9 Å². The van der Waals surface area contributed by atoms with E-state index in [0.717, 1.165) is 39.7 Å².